The number of rotatable bonds is 4. The molecule has 0 bridgehead atoms. The fourth-order valence-corrected chi connectivity index (χ4v) is 3.57. The number of halogens is 1. The molecule has 2 aromatic rings. The van der Waals surface area contributed by atoms with E-state index in [1.165, 1.54) is 31.6 Å². The maximum absolute atomic E-state index is 12.4. The lowest BCUT2D eigenvalue weighted by atomic mass is 10.4. The predicted molar refractivity (Wildman–Crippen MR) is 73.2 cm³/mol. The second-order valence-corrected chi connectivity index (χ2v) is 6.39. The molecule has 20 heavy (non-hydrogen) atoms. The Morgan fingerprint density at radius 1 is 1.40 bits per heavy atom. The molecule has 0 unspecified atom stereocenters. The SMILES string of the molecule is CN(c1ccncc1)S(=O)(=O)c1cc(C(=O)O)oc1Br. The molecule has 106 valence electrons. The van der Waals surface area contributed by atoms with Crippen LogP contribution in [0.3, 0.4) is 0 Å². The molecule has 0 saturated heterocycles. The van der Waals surface area contributed by atoms with Crippen LogP contribution in [0.15, 0.2) is 44.6 Å². The minimum absolute atomic E-state index is 0.157. The van der Waals surface area contributed by atoms with Crippen molar-refractivity contribution in [3.63, 3.8) is 0 Å². The Kier molecular flexibility index (Phi) is 3.82. The zero-order chi connectivity index (χ0) is 14.9. The Morgan fingerprint density at radius 2 is 2.00 bits per heavy atom. The third-order valence-electron chi connectivity index (χ3n) is 2.53. The van der Waals surface area contributed by atoms with E-state index in [-0.39, 0.29) is 9.56 Å². The summed E-state index contributed by atoms with van der Waals surface area (Å²) in [6, 6.07) is 3.99. The average Bonchev–Trinajstić information content (AvgIpc) is 2.82. The molecule has 0 aliphatic carbocycles. The molecule has 0 fully saturated rings. The molecule has 2 aromatic heterocycles. The molecule has 0 spiro atoms. The van der Waals surface area contributed by atoms with Gasteiger partial charge in [0.2, 0.25) is 5.76 Å². The van der Waals surface area contributed by atoms with Crippen molar-refractivity contribution in [2.75, 3.05) is 11.4 Å². The minimum Gasteiger partial charge on any atom is -0.475 e. The maximum atomic E-state index is 12.4. The average molecular weight is 361 g/mol. The van der Waals surface area contributed by atoms with Gasteiger partial charge < -0.3 is 9.52 Å². The van der Waals surface area contributed by atoms with Gasteiger partial charge in [0, 0.05) is 25.5 Å². The van der Waals surface area contributed by atoms with Crippen LogP contribution in [0.1, 0.15) is 10.6 Å². The highest BCUT2D eigenvalue weighted by atomic mass is 79.9. The molecule has 0 aliphatic heterocycles. The molecule has 0 aliphatic rings. The largest absolute Gasteiger partial charge is 0.475 e. The molecule has 0 amide bonds. The predicted octanol–water partition coefficient (Wildman–Crippen LogP) is 1.96. The van der Waals surface area contributed by atoms with Gasteiger partial charge in [-0.05, 0) is 28.1 Å². The normalized spacial score (nSPS) is 11.3. The summed E-state index contributed by atoms with van der Waals surface area (Å²) < 4.78 is 30.5. The van der Waals surface area contributed by atoms with Crippen LogP contribution >= 0.6 is 15.9 Å². The van der Waals surface area contributed by atoms with E-state index in [2.05, 4.69) is 20.9 Å². The van der Waals surface area contributed by atoms with E-state index in [1.54, 1.807) is 0 Å². The number of hydrogen-bond donors (Lipinski definition) is 1. The number of hydrogen-bond acceptors (Lipinski definition) is 5. The summed E-state index contributed by atoms with van der Waals surface area (Å²) in [7, 11) is -2.58. The summed E-state index contributed by atoms with van der Waals surface area (Å²) in [5, 5.41) is 8.81. The van der Waals surface area contributed by atoms with Gasteiger partial charge in [0.05, 0.1) is 5.69 Å². The molecule has 7 nitrogen and oxygen atoms in total. The molecular formula is C11H9BrN2O5S. The van der Waals surface area contributed by atoms with Crippen molar-refractivity contribution in [3.05, 3.63) is 41.0 Å². The molecular weight excluding hydrogens is 352 g/mol. The number of nitrogens with zero attached hydrogens (tertiary/aromatic N) is 2. The number of sulfonamides is 1. The summed E-state index contributed by atoms with van der Waals surface area (Å²) in [6.07, 6.45) is 2.91. The number of furan rings is 1. The first-order valence-corrected chi connectivity index (χ1v) is 7.49. The van der Waals surface area contributed by atoms with Crippen molar-refractivity contribution in [1.82, 2.24) is 4.98 Å². The maximum Gasteiger partial charge on any atom is 0.371 e. The number of aromatic nitrogens is 1. The molecule has 0 aromatic carbocycles. The second kappa shape index (κ2) is 5.25. The third kappa shape index (κ3) is 2.54. The first-order valence-electron chi connectivity index (χ1n) is 5.25. The topological polar surface area (TPSA) is 101 Å². The molecule has 0 saturated carbocycles. The van der Waals surface area contributed by atoms with Gasteiger partial charge in [0.15, 0.2) is 4.67 Å². The van der Waals surface area contributed by atoms with Gasteiger partial charge in [0.25, 0.3) is 10.0 Å². The molecule has 0 atom stereocenters. The van der Waals surface area contributed by atoms with Gasteiger partial charge in [-0.1, -0.05) is 0 Å². The highest BCUT2D eigenvalue weighted by Gasteiger charge is 2.28. The summed E-state index contributed by atoms with van der Waals surface area (Å²) in [5.41, 5.74) is 0.393. The van der Waals surface area contributed by atoms with Crippen LogP contribution in [0.25, 0.3) is 0 Å². The van der Waals surface area contributed by atoms with E-state index in [1.807, 2.05) is 0 Å². The van der Waals surface area contributed by atoms with Crippen LogP contribution in [-0.2, 0) is 10.0 Å². The van der Waals surface area contributed by atoms with E-state index < -0.39 is 21.8 Å². The smallest absolute Gasteiger partial charge is 0.371 e. The number of aromatic carboxylic acids is 1. The molecule has 1 N–H and O–H groups in total. The van der Waals surface area contributed by atoms with Crippen LogP contribution in [0, 0.1) is 0 Å². The monoisotopic (exact) mass is 360 g/mol. The van der Waals surface area contributed by atoms with Crippen LogP contribution < -0.4 is 4.31 Å². The lowest BCUT2D eigenvalue weighted by Gasteiger charge is -2.18. The molecule has 9 heteroatoms. The zero-order valence-corrected chi connectivity index (χ0v) is 12.6. The van der Waals surface area contributed by atoms with Crippen molar-refractivity contribution in [2.45, 2.75) is 4.90 Å². The van der Waals surface area contributed by atoms with Gasteiger partial charge in [-0.25, -0.2) is 13.2 Å². The Bertz CT molecular complexity index is 741. The van der Waals surface area contributed by atoms with Gasteiger partial charge in [-0.3, -0.25) is 9.29 Å². The van der Waals surface area contributed by atoms with Gasteiger partial charge in [-0.15, -0.1) is 0 Å². The number of carboxylic acids is 1. The van der Waals surface area contributed by atoms with Crippen molar-refractivity contribution in [1.29, 1.82) is 0 Å². The Labute approximate surface area is 123 Å². The highest BCUT2D eigenvalue weighted by molar-refractivity contribution is 9.10. The van der Waals surface area contributed by atoms with Crippen molar-refractivity contribution in [3.8, 4) is 0 Å². The lowest BCUT2D eigenvalue weighted by Crippen LogP contribution is -2.26. The lowest BCUT2D eigenvalue weighted by molar-refractivity contribution is 0.0661. The first-order chi connectivity index (χ1) is 9.34. The standard InChI is InChI=1S/C11H9BrN2O5S/c1-14(7-2-4-13-5-3-7)20(17,18)9-6-8(11(15)16)19-10(9)12/h2-6H,1H3,(H,15,16). The number of pyridine rings is 1. The third-order valence-corrected chi connectivity index (χ3v) is 5.17. The van der Waals surface area contributed by atoms with Crippen LogP contribution in [0.2, 0.25) is 0 Å². The van der Waals surface area contributed by atoms with Crippen LogP contribution in [-0.4, -0.2) is 31.5 Å². The van der Waals surface area contributed by atoms with Crippen molar-refractivity contribution < 1.29 is 22.7 Å². The first kappa shape index (κ1) is 14.5. The Hall–Kier alpha value is -1.87. The quantitative estimate of drug-likeness (QED) is 0.894. The summed E-state index contributed by atoms with van der Waals surface area (Å²) in [4.78, 5) is 14.3. The zero-order valence-electron chi connectivity index (χ0n) is 10.1. The van der Waals surface area contributed by atoms with Gasteiger partial charge in [-0.2, -0.15) is 0 Å². The fraction of sp³-hybridized carbons (Fsp3) is 0.0909. The Morgan fingerprint density at radius 3 is 2.50 bits per heavy atom. The summed E-state index contributed by atoms with van der Waals surface area (Å²) in [6.45, 7) is 0. The van der Waals surface area contributed by atoms with Gasteiger partial charge >= 0.3 is 5.97 Å². The van der Waals surface area contributed by atoms with Crippen molar-refractivity contribution in [2.24, 2.45) is 0 Å². The molecule has 2 heterocycles. The summed E-state index contributed by atoms with van der Waals surface area (Å²) in [5.74, 6) is -1.81. The molecule has 2 rings (SSSR count). The second-order valence-electron chi connectivity index (χ2n) is 3.73. The van der Waals surface area contributed by atoms with E-state index in [0.29, 0.717) is 5.69 Å². The van der Waals surface area contributed by atoms with Gasteiger partial charge in [0.1, 0.15) is 4.90 Å². The van der Waals surface area contributed by atoms with Crippen molar-refractivity contribution >= 4 is 37.6 Å². The number of anilines is 1. The number of carbonyl (C=O) groups is 1. The Balaban J connectivity index is 2.48. The highest BCUT2D eigenvalue weighted by Crippen LogP contribution is 2.30. The van der Waals surface area contributed by atoms with E-state index in [4.69, 9.17) is 9.52 Å². The van der Waals surface area contributed by atoms with E-state index in [0.717, 1.165) is 10.4 Å². The van der Waals surface area contributed by atoms with E-state index >= 15 is 0 Å². The minimum atomic E-state index is -3.93. The molecule has 0 radical (unpaired) electrons. The van der Waals surface area contributed by atoms with Crippen LogP contribution in [0.4, 0.5) is 5.69 Å². The van der Waals surface area contributed by atoms with E-state index in [9.17, 15) is 13.2 Å². The fourth-order valence-electron chi connectivity index (χ4n) is 1.47. The summed E-state index contributed by atoms with van der Waals surface area (Å²) >= 11 is 2.91. The van der Waals surface area contributed by atoms with Crippen LogP contribution in [0.5, 0.6) is 0 Å². The number of carboxylic acid groups (broad SMARTS) is 1.